The van der Waals surface area contributed by atoms with Gasteiger partial charge in [0.05, 0.1) is 38.2 Å². The van der Waals surface area contributed by atoms with Crippen LogP contribution in [0.2, 0.25) is 0 Å². The van der Waals surface area contributed by atoms with Gasteiger partial charge in [-0.2, -0.15) is 0 Å². The number of aliphatic hydroxyl groups excluding tert-OH is 1. The first kappa shape index (κ1) is 17.2. The molecule has 0 amide bonds. The number of hydrogen-bond donors (Lipinski definition) is 2. The molecule has 2 unspecified atom stereocenters. The van der Waals surface area contributed by atoms with E-state index in [-0.39, 0.29) is 12.7 Å². The average Bonchev–Trinajstić information content (AvgIpc) is 2.44. The Kier molecular flexibility index (Phi) is 7.91. The fraction of sp³-hybridized carbons (Fsp3) is 0.571. The molecule has 1 aromatic carbocycles. The summed E-state index contributed by atoms with van der Waals surface area (Å²) in [5.41, 5.74) is 0.869. The highest BCUT2D eigenvalue weighted by atomic mass is 79.9. The zero-order valence-corrected chi connectivity index (χ0v) is 13.6. The van der Waals surface area contributed by atoms with Crippen LogP contribution in [0.3, 0.4) is 0 Å². The lowest BCUT2D eigenvalue weighted by Gasteiger charge is -2.17. The summed E-state index contributed by atoms with van der Waals surface area (Å²) in [6.45, 7) is 3.08. The Morgan fingerprint density at radius 3 is 2.70 bits per heavy atom. The number of nitrogens with one attached hydrogen (secondary N) is 1. The summed E-state index contributed by atoms with van der Waals surface area (Å²) in [6, 6.07) is 5.62. The number of halogens is 1. The highest BCUT2D eigenvalue weighted by Gasteiger charge is 2.09. The fourth-order valence-corrected chi connectivity index (χ4v) is 2.00. The van der Waals surface area contributed by atoms with E-state index >= 15 is 0 Å². The van der Waals surface area contributed by atoms with Crippen molar-refractivity contribution in [3.8, 4) is 5.75 Å². The second kappa shape index (κ2) is 9.18. The molecule has 0 aliphatic rings. The van der Waals surface area contributed by atoms with Crippen LogP contribution in [0.4, 0.5) is 5.69 Å². The molecule has 2 atom stereocenters. The molecule has 114 valence electrons. The largest absolute Gasteiger partial charge is 0.497 e. The van der Waals surface area contributed by atoms with Crippen molar-refractivity contribution in [2.75, 3.05) is 39.3 Å². The van der Waals surface area contributed by atoms with E-state index in [0.29, 0.717) is 13.2 Å². The van der Waals surface area contributed by atoms with E-state index in [1.165, 1.54) is 0 Å². The van der Waals surface area contributed by atoms with Crippen molar-refractivity contribution in [2.45, 2.75) is 19.1 Å². The summed E-state index contributed by atoms with van der Waals surface area (Å²) >= 11 is 3.45. The molecule has 0 saturated heterocycles. The van der Waals surface area contributed by atoms with E-state index in [9.17, 15) is 5.11 Å². The zero-order chi connectivity index (χ0) is 15.0. The Balaban J connectivity index is 2.38. The first-order valence-electron chi connectivity index (χ1n) is 6.42. The number of ether oxygens (including phenoxy) is 3. The van der Waals surface area contributed by atoms with Crippen LogP contribution in [0.25, 0.3) is 0 Å². The second-order valence-electron chi connectivity index (χ2n) is 4.48. The molecule has 0 aromatic heterocycles. The predicted octanol–water partition coefficient (Wildman–Crippen LogP) is 2.28. The van der Waals surface area contributed by atoms with E-state index in [4.69, 9.17) is 14.2 Å². The van der Waals surface area contributed by atoms with Crippen LogP contribution < -0.4 is 10.1 Å². The van der Waals surface area contributed by atoms with E-state index in [1.807, 2.05) is 25.1 Å². The molecule has 0 fully saturated rings. The molecule has 1 rings (SSSR count). The predicted molar refractivity (Wildman–Crippen MR) is 82.5 cm³/mol. The lowest BCUT2D eigenvalue weighted by Crippen LogP contribution is -2.28. The number of aliphatic hydroxyl groups is 1. The highest BCUT2D eigenvalue weighted by Crippen LogP contribution is 2.26. The monoisotopic (exact) mass is 347 g/mol. The summed E-state index contributed by atoms with van der Waals surface area (Å²) in [4.78, 5) is 0. The smallest absolute Gasteiger partial charge is 0.121 e. The maximum Gasteiger partial charge on any atom is 0.121 e. The van der Waals surface area contributed by atoms with Crippen LogP contribution in [0.15, 0.2) is 22.7 Å². The molecular formula is C14H22BrNO4. The molecule has 20 heavy (non-hydrogen) atoms. The Hall–Kier alpha value is -0.820. The van der Waals surface area contributed by atoms with Gasteiger partial charge in [-0.3, -0.25) is 0 Å². The van der Waals surface area contributed by atoms with Crippen LogP contribution in [0, 0.1) is 0 Å². The van der Waals surface area contributed by atoms with Gasteiger partial charge in [0.2, 0.25) is 0 Å². The molecule has 0 spiro atoms. The number of rotatable bonds is 9. The number of anilines is 1. The van der Waals surface area contributed by atoms with Crippen molar-refractivity contribution in [2.24, 2.45) is 0 Å². The van der Waals surface area contributed by atoms with Gasteiger partial charge < -0.3 is 24.6 Å². The minimum absolute atomic E-state index is 0.0294. The van der Waals surface area contributed by atoms with Crippen molar-refractivity contribution < 1.29 is 19.3 Å². The van der Waals surface area contributed by atoms with Crippen LogP contribution in [-0.2, 0) is 9.47 Å². The molecule has 0 bridgehead atoms. The van der Waals surface area contributed by atoms with Gasteiger partial charge in [0.25, 0.3) is 0 Å². The molecule has 2 N–H and O–H groups in total. The van der Waals surface area contributed by atoms with Gasteiger partial charge in [-0.05, 0) is 35.0 Å². The van der Waals surface area contributed by atoms with Crippen LogP contribution >= 0.6 is 15.9 Å². The van der Waals surface area contributed by atoms with Crippen molar-refractivity contribution in [1.29, 1.82) is 0 Å². The van der Waals surface area contributed by atoms with Gasteiger partial charge >= 0.3 is 0 Å². The Morgan fingerprint density at radius 2 is 2.05 bits per heavy atom. The fourth-order valence-electron chi connectivity index (χ4n) is 1.61. The minimum Gasteiger partial charge on any atom is -0.497 e. The summed E-state index contributed by atoms with van der Waals surface area (Å²) in [5.74, 6) is 0.759. The third-order valence-corrected chi connectivity index (χ3v) is 3.37. The van der Waals surface area contributed by atoms with E-state index in [1.54, 1.807) is 14.2 Å². The first-order chi connectivity index (χ1) is 9.56. The number of methoxy groups -OCH3 is 2. The second-order valence-corrected chi connectivity index (χ2v) is 5.33. The van der Waals surface area contributed by atoms with Crippen LogP contribution in [0.5, 0.6) is 5.75 Å². The molecule has 0 saturated carbocycles. The maximum atomic E-state index is 9.87. The number of hydrogen-bond acceptors (Lipinski definition) is 5. The third kappa shape index (κ3) is 6.09. The quantitative estimate of drug-likeness (QED) is 0.717. The summed E-state index contributed by atoms with van der Waals surface area (Å²) in [7, 11) is 3.24. The highest BCUT2D eigenvalue weighted by molar-refractivity contribution is 9.10. The summed E-state index contributed by atoms with van der Waals surface area (Å²) < 4.78 is 16.5. The Labute approximate surface area is 128 Å². The van der Waals surface area contributed by atoms with E-state index < -0.39 is 6.10 Å². The van der Waals surface area contributed by atoms with Crippen molar-refractivity contribution in [3.05, 3.63) is 22.7 Å². The Morgan fingerprint density at radius 1 is 1.30 bits per heavy atom. The normalized spacial score (nSPS) is 13.8. The molecule has 6 heteroatoms. The molecule has 5 nitrogen and oxygen atoms in total. The van der Waals surface area contributed by atoms with Crippen LogP contribution in [-0.4, -0.2) is 51.3 Å². The molecule has 0 aliphatic heterocycles. The molecular weight excluding hydrogens is 326 g/mol. The van der Waals surface area contributed by atoms with Crippen molar-refractivity contribution in [3.63, 3.8) is 0 Å². The van der Waals surface area contributed by atoms with Gasteiger partial charge in [0.15, 0.2) is 0 Å². The summed E-state index contributed by atoms with van der Waals surface area (Å²) in [6.07, 6.45) is -0.620. The zero-order valence-electron chi connectivity index (χ0n) is 12.1. The van der Waals surface area contributed by atoms with Crippen molar-refractivity contribution >= 4 is 21.6 Å². The van der Waals surface area contributed by atoms with Gasteiger partial charge in [-0.15, -0.1) is 0 Å². The standard InChI is InChI=1S/C14H22BrNO4/c1-10(8-18-2)20-9-11(17)7-16-14-6-12(19-3)4-5-13(14)15/h4-6,10-11,16-17H,7-9H2,1-3H3. The van der Waals surface area contributed by atoms with Crippen molar-refractivity contribution in [1.82, 2.24) is 0 Å². The maximum absolute atomic E-state index is 9.87. The van der Waals surface area contributed by atoms with Gasteiger partial charge in [-0.25, -0.2) is 0 Å². The molecule has 0 heterocycles. The van der Waals surface area contributed by atoms with Crippen LogP contribution in [0.1, 0.15) is 6.92 Å². The van der Waals surface area contributed by atoms with E-state index in [2.05, 4.69) is 21.2 Å². The molecule has 0 aliphatic carbocycles. The SMILES string of the molecule is COCC(C)OCC(O)CNc1cc(OC)ccc1Br. The van der Waals surface area contributed by atoms with Gasteiger partial charge in [0, 0.05) is 24.2 Å². The van der Waals surface area contributed by atoms with E-state index in [0.717, 1.165) is 15.9 Å². The summed E-state index contributed by atoms with van der Waals surface area (Å²) in [5, 5.41) is 13.0. The minimum atomic E-state index is -0.590. The number of benzene rings is 1. The third-order valence-electron chi connectivity index (χ3n) is 2.68. The Bertz CT molecular complexity index is 403. The molecule has 1 aromatic rings. The average molecular weight is 348 g/mol. The lowest BCUT2D eigenvalue weighted by molar-refractivity contribution is -0.0282. The molecule has 0 radical (unpaired) electrons. The first-order valence-corrected chi connectivity index (χ1v) is 7.22. The topological polar surface area (TPSA) is 60.0 Å². The lowest BCUT2D eigenvalue weighted by atomic mass is 10.3. The van der Waals surface area contributed by atoms with Gasteiger partial charge in [0.1, 0.15) is 5.75 Å². The van der Waals surface area contributed by atoms with Gasteiger partial charge in [-0.1, -0.05) is 0 Å².